The van der Waals surface area contributed by atoms with Gasteiger partial charge < -0.3 is 9.15 Å². The molecule has 0 N–H and O–H groups in total. The molecular formula is C12H8ClFO3. The predicted molar refractivity (Wildman–Crippen MR) is 59.8 cm³/mol. The molecule has 0 amide bonds. The lowest BCUT2D eigenvalue weighted by atomic mass is 10.3. The minimum Gasteiger partial charge on any atom is -0.483 e. The van der Waals surface area contributed by atoms with Crippen molar-refractivity contribution in [2.75, 3.05) is 0 Å². The van der Waals surface area contributed by atoms with Gasteiger partial charge in [-0.25, -0.2) is 4.39 Å². The number of hydrogen-bond acceptors (Lipinski definition) is 3. The fourth-order valence-electron chi connectivity index (χ4n) is 1.28. The van der Waals surface area contributed by atoms with E-state index in [9.17, 15) is 9.18 Å². The molecule has 1 heterocycles. The predicted octanol–water partition coefficient (Wildman–Crippen LogP) is 3.46. The minimum atomic E-state index is -0.615. The molecule has 0 bridgehead atoms. The second-order valence-corrected chi connectivity index (χ2v) is 3.67. The van der Waals surface area contributed by atoms with Crippen LogP contribution in [0.25, 0.3) is 0 Å². The molecule has 0 saturated carbocycles. The Hall–Kier alpha value is -1.81. The molecule has 3 nitrogen and oxygen atoms in total. The third kappa shape index (κ3) is 2.65. The van der Waals surface area contributed by atoms with Crippen molar-refractivity contribution < 1.29 is 18.3 Å². The average molecular weight is 255 g/mol. The maximum Gasteiger partial charge on any atom is 0.185 e. The van der Waals surface area contributed by atoms with Crippen molar-refractivity contribution in [2.45, 2.75) is 6.61 Å². The molecule has 0 fully saturated rings. The summed E-state index contributed by atoms with van der Waals surface area (Å²) in [5.41, 5.74) is 0. The van der Waals surface area contributed by atoms with Gasteiger partial charge in [0, 0.05) is 0 Å². The number of carbonyl (C=O) groups excluding carboxylic acids is 1. The van der Waals surface area contributed by atoms with Gasteiger partial charge in [-0.3, -0.25) is 4.79 Å². The Morgan fingerprint density at radius 2 is 2.18 bits per heavy atom. The van der Waals surface area contributed by atoms with Crippen molar-refractivity contribution in [3.8, 4) is 5.75 Å². The molecular weight excluding hydrogens is 247 g/mol. The molecule has 0 saturated heterocycles. The van der Waals surface area contributed by atoms with Gasteiger partial charge in [0.25, 0.3) is 0 Å². The first kappa shape index (κ1) is 11.7. The van der Waals surface area contributed by atoms with Crippen LogP contribution in [-0.4, -0.2) is 6.29 Å². The van der Waals surface area contributed by atoms with E-state index < -0.39 is 5.82 Å². The third-order valence-electron chi connectivity index (χ3n) is 2.08. The fraction of sp³-hybridized carbons (Fsp3) is 0.0833. The summed E-state index contributed by atoms with van der Waals surface area (Å²) >= 11 is 5.60. The van der Waals surface area contributed by atoms with E-state index in [0.29, 0.717) is 12.0 Å². The van der Waals surface area contributed by atoms with Crippen molar-refractivity contribution >= 4 is 17.9 Å². The van der Waals surface area contributed by atoms with Gasteiger partial charge >= 0.3 is 0 Å². The topological polar surface area (TPSA) is 39.4 Å². The Morgan fingerprint density at radius 3 is 2.88 bits per heavy atom. The summed E-state index contributed by atoms with van der Waals surface area (Å²) in [4.78, 5) is 10.4. The molecule has 2 rings (SSSR count). The van der Waals surface area contributed by atoms with Crippen LogP contribution in [0, 0.1) is 5.82 Å². The van der Waals surface area contributed by atoms with Gasteiger partial charge in [-0.15, -0.1) is 0 Å². The zero-order valence-electron chi connectivity index (χ0n) is 8.65. The van der Waals surface area contributed by atoms with Crippen molar-refractivity contribution in [1.82, 2.24) is 0 Å². The Bertz CT molecular complexity index is 536. The van der Waals surface area contributed by atoms with E-state index in [2.05, 4.69) is 0 Å². The van der Waals surface area contributed by atoms with Crippen LogP contribution >= 0.6 is 11.6 Å². The van der Waals surface area contributed by atoms with Crippen molar-refractivity contribution in [1.29, 1.82) is 0 Å². The maximum absolute atomic E-state index is 13.4. The number of furan rings is 1. The fourth-order valence-corrected chi connectivity index (χ4v) is 1.45. The Morgan fingerprint density at radius 1 is 1.35 bits per heavy atom. The Kier molecular flexibility index (Phi) is 3.44. The lowest BCUT2D eigenvalue weighted by Crippen LogP contribution is -1.96. The maximum atomic E-state index is 13.4. The number of benzene rings is 1. The van der Waals surface area contributed by atoms with Gasteiger partial charge in [0.1, 0.15) is 12.4 Å². The van der Waals surface area contributed by atoms with Crippen molar-refractivity contribution in [3.63, 3.8) is 0 Å². The number of ether oxygens (including phenoxy) is 1. The van der Waals surface area contributed by atoms with Gasteiger partial charge in [0.05, 0.1) is 5.02 Å². The monoisotopic (exact) mass is 254 g/mol. The zero-order valence-corrected chi connectivity index (χ0v) is 9.41. The highest BCUT2D eigenvalue weighted by Gasteiger charge is 2.08. The number of rotatable bonds is 4. The van der Waals surface area contributed by atoms with Crippen molar-refractivity contribution in [2.24, 2.45) is 0 Å². The standard InChI is InChI=1S/C12H8ClFO3/c13-10-2-1-3-11(12(10)14)16-7-9-5-4-8(6-15)17-9/h1-6H,7H2. The Balaban J connectivity index is 2.07. The van der Waals surface area contributed by atoms with E-state index >= 15 is 0 Å². The van der Waals surface area contributed by atoms with Gasteiger partial charge in [0.2, 0.25) is 0 Å². The van der Waals surface area contributed by atoms with Gasteiger partial charge in [-0.1, -0.05) is 17.7 Å². The van der Waals surface area contributed by atoms with E-state index in [1.165, 1.54) is 18.2 Å². The third-order valence-corrected chi connectivity index (χ3v) is 2.38. The van der Waals surface area contributed by atoms with Crippen LogP contribution < -0.4 is 4.74 Å². The first-order chi connectivity index (χ1) is 8.20. The summed E-state index contributed by atoms with van der Waals surface area (Å²) in [5.74, 6) is 0.0690. The Labute approximate surface area is 102 Å². The molecule has 0 aliphatic heterocycles. The average Bonchev–Trinajstić information content (AvgIpc) is 2.79. The SMILES string of the molecule is O=Cc1ccc(COc2cccc(Cl)c2F)o1. The van der Waals surface area contributed by atoms with E-state index in [4.69, 9.17) is 20.8 Å². The summed E-state index contributed by atoms with van der Waals surface area (Å²) in [7, 11) is 0. The summed E-state index contributed by atoms with van der Waals surface area (Å²) in [6.07, 6.45) is 0.587. The summed E-state index contributed by atoms with van der Waals surface area (Å²) < 4.78 is 23.7. The van der Waals surface area contributed by atoms with Gasteiger partial charge in [0.15, 0.2) is 23.6 Å². The van der Waals surface area contributed by atoms with Crippen LogP contribution in [-0.2, 0) is 6.61 Å². The van der Waals surface area contributed by atoms with Crippen molar-refractivity contribution in [3.05, 3.63) is 52.7 Å². The molecule has 0 unspecified atom stereocenters. The van der Waals surface area contributed by atoms with E-state index in [1.807, 2.05) is 0 Å². The summed E-state index contributed by atoms with van der Waals surface area (Å²) in [5, 5.41) is -0.00414. The van der Waals surface area contributed by atoms with Crippen LogP contribution in [0.15, 0.2) is 34.7 Å². The second-order valence-electron chi connectivity index (χ2n) is 3.26. The molecule has 1 aromatic heterocycles. The summed E-state index contributed by atoms with van der Waals surface area (Å²) in [6.45, 7) is 0.0328. The lowest BCUT2D eigenvalue weighted by Gasteiger charge is -2.05. The molecule has 17 heavy (non-hydrogen) atoms. The number of aldehydes is 1. The molecule has 1 aromatic carbocycles. The number of halogens is 2. The second kappa shape index (κ2) is 5.01. The highest BCUT2D eigenvalue weighted by molar-refractivity contribution is 6.30. The zero-order chi connectivity index (χ0) is 12.3. The highest BCUT2D eigenvalue weighted by atomic mass is 35.5. The lowest BCUT2D eigenvalue weighted by molar-refractivity contribution is 0.109. The molecule has 0 atom stereocenters. The molecule has 5 heteroatoms. The van der Waals surface area contributed by atoms with E-state index in [1.54, 1.807) is 12.1 Å². The molecule has 2 aromatic rings. The molecule has 0 radical (unpaired) electrons. The normalized spacial score (nSPS) is 10.2. The number of carbonyl (C=O) groups is 1. The molecule has 0 aliphatic rings. The summed E-state index contributed by atoms with van der Waals surface area (Å²) in [6, 6.07) is 7.58. The van der Waals surface area contributed by atoms with Crippen LogP contribution in [0.1, 0.15) is 16.3 Å². The number of hydrogen-bond donors (Lipinski definition) is 0. The van der Waals surface area contributed by atoms with Crippen LogP contribution in [0.2, 0.25) is 5.02 Å². The van der Waals surface area contributed by atoms with E-state index in [0.717, 1.165) is 0 Å². The van der Waals surface area contributed by atoms with Crippen LogP contribution in [0.5, 0.6) is 5.75 Å². The van der Waals surface area contributed by atoms with E-state index in [-0.39, 0.29) is 23.1 Å². The highest BCUT2D eigenvalue weighted by Crippen LogP contribution is 2.24. The largest absolute Gasteiger partial charge is 0.483 e. The molecule has 0 spiro atoms. The molecule has 0 aliphatic carbocycles. The first-order valence-electron chi connectivity index (χ1n) is 4.81. The van der Waals surface area contributed by atoms with Crippen LogP contribution in [0.3, 0.4) is 0 Å². The smallest absolute Gasteiger partial charge is 0.185 e. The minimum absolute atomic E-state index is 0.00414. The molecule has 88 valence electrons. The van der Waals surface area contributed by atoms with Gasteiger partial charge in [-0.05, 0) is 24.3 Å². The van der Waals surface area contributed by atoms with Gasteiger partial charge in [-0.2, -0.15) is 0 Å². The van der Waals surface area contributed by atoms with Crippen LogP contribution in [0.4, 0.5) is 4.39 Å². The quantitative estimate of drug-likeness (QED) is 0.785. The first-order valence-corrected chi connectivity index (χ1v) is 5.19.